The van der Waals surface area contributed by atoms with Gasteiger partial charge in [0.25, 0.3) is 0 Å². The molecular formula is C18H14O3. The van der Waals surface area contributed by atoms with Crippen LogP contribution in [0.15, 0.2) is 48.5 Å². The number of benzene rings is 3. The first-order chi connectivity index (χ1) is 10.1. The van der Waals surface area contributed by atoms with Crippen LogP contribution in [0.5, 0.6) is 0 Å². The molecular weight excluding hydrogens is 264 g/mol. The fourth-order valence-electron chi connectivity index (χ4n) is 3.71. The van der Waals surface area contributed by atoms with Crippen molar-refractivity contribution < 1.29 is 14.9 Å². The second-order valence-electron chi connectivity index (χ2n) is 6.05. The molecule has 0 bridgehead atoms. The molecule has 21 heavy (non-hydrogen) atoms. The van der Waals surface area contributed by atoms with Gasteiger partial charge < -0.3 is 14.9 Å². The zero-order chi connectivity index (χ0) is 14.2. The maximum atomic E-state index is 10.0. The Hall–Kier alpha value is -1.94. The Morgan fingerprint density at radius 3 is 2.62 bits per heavy atom. The van der Waals surface area contributed by atoms with Crippen LogP contribution >= 0.6 is 0 Å². The smallest absolute Gasteiger partial charge is 0.196 e. The predicted octanol–water partition coefficient (Wildman–Crippen LogP) is 2.67. The average Bonchev–Trinajstić information content (AvgIpc) is 3.27. The number of fused-ring (bicyclic) bond motifs is 7. The molecule has 104 valence electrons. The Kier molecular flexibility index (Phi) is 2.02. The van der Waals surface area contributed by atoms with Gasteiger partial charge in [0.05, 0.1) is 0 Å². The van der Waals surface area contributed by atoms with Crippen LogP contribution in [0, 0.1) is 0 Å². The summed E-state index contributed by atoms with van der Waals surface area (Å²) < 4.78 is 5.54. The highest BCUT2D eigenvalue weighted by molar-refractivity contribution is 6.09. The van der Waals surface area contributed by atoms with E-state index in [4.69, 9.17) is 4.74 Å². The molecule has 2 aliphatic rings. The highest BCUT2D eigenvalue weighted by Crippen LogP contribution is 2.53. The van der Waals surface area contributed by atoms with E-state index >= 15 is 0 Å². The number of rotatable bonds is 0. The summed E-state index contributed by atoms with van der Waals surface area (Å²) in [6, 6.07) is 16.6. The summed E-state index contributed by atoms with van der Waals surface area (Å²) in [7, 11) is 0. The molecule has 2 atom stereocenters. The molecule has 2 N–H and O–H groups in total. The van der Waals surface area contributed by atoms with Crippen molar-refractivity contribution in [1.29, 1.82) is 0 Å². The molecule has 0 radical (unpaired) electrons. The standard InChI is InChI=1S/C18H14O3/c19-18(20)9-11-6-7-13-12-4-2-1-3-10(12)5-8-14(13)15(11)16-17(18)21-16/h1-8,16-17,19-20H,9H2. The van der Waals surface area contributed by atoms with Gasteiger partial charge in [-0.1, -0.05) is 48.5 Å². The summed E-state index contributed by atoms with van der Waals surface area (Å²) in [4.78, 5) is 0. The minimum Gasteiger partial charge on any atom is -0.363 e. The molecule has 1 aliphatic heterocycles. The van der Waals surface area contributed by atoms with E-state index < -0.39 is 11.9 Å². The minimum atomic E-state index is -1.73. The van der Waals surface area contributed by atoms with Crippen LogP contribution in [0.2, 0.25) is 0 Å². The van der Waals surface area contributed by atoms with Gasteiger partial charge in [-0.2, -0.15) is 0 Å². The number of ether oxygens (including phenoxy) is 1. The highest BCUT2D eigenvalue weighted by Gasteiger charge is 2.58. The minimum absolute atomic E-state index is 0.186. The number of hydrogen-bond acceptors (Lipinski definition) is 3. The molecule has 3 aromatic rings. The van der Waals surface area contributed by atoms with E-state index in [-0.39, 0.29) is 12.5 Å². The van der Waals surface area contributed by atoms with Gasteiger partial charge in [0.2, 0.25) is 0 Å². The maximum absolute atomic E-state index is 10.0. The summed E-state index contributed by atoms with van der Waals surface area (Å²) in [5, 5.41) is 24.8. The molecule has 2 unspecified atom stereocenters. The number of hydrogen-bond donors (Lipinski definition) is 2. The Bertz CT molecular complexity index is 897. The zero-order valence-electron chi connectivity index (χ0n) is 11.3. The quantitative estimate of drug-likeness (QED) is 0.377. The molecule has 0 spiro atoms. The molecule has 1 fully saturated rings. The third kappa shape index (κ3) is 1.48. The maximum Gasteiger partial charge on any atom is 0.196 e. The van der Waals surface area contributed by atoms with Crippen molar-refractivity contribution in [3.63, 3.8) is 0 Å². The molecule has 1 heterocycles. The van der Waals surface area contributed by atoms with Gasteiger partial charge in [-0.25, -0.2) is 0 Å². The molecule has 1 aliphatic carbocycles. The lowest BCUT2D eigenvalue weighted by Gasteiger charge is -2.26. The van der Waals surface area contributed by atoms with Crippen molar-refractivity contribution in [2.24, 2.45) is 0 Å². The van der Waals surface area contributed by atoms with Gasteiger partial charge >= 0.3 is 0 Å². The zero-order valence-corrected chi connectivity index (χ0v) is 11.3. The normalized spacial score (nSPS) is 25.6. The Morgan fingerprint density at radius 1 is 0.905 bits per heavy atom. The summed E-state index contributed by atoms with van der Waals surface area (Å²) >= 11 is 0. The lowest BCUT2D eigenvalue weighted by Crippen LogP contribution is -2.40. The largest absolute Gasteiger partial charge is 0.363 e. The van der Waals surface area contributed by atoms with E-state index in [1.165, 1.54) is 16.2 Å². The molecule has 1 saturated heterocycles. The van der Waals surface area contributed by atoms with E-state index in [9.17, 15) is 10.2 Å². The first-order valence-electron chi connectivity index (χ1n) is 7.19. The summed E-state index contributed by atoms with van der Waals surface area (Å²) in [6.07, 6.45) is -0.442. The van der Waals surface area contributed by atoms with Crippen LogP contribution in [0.25, 0.3) is 21.5 Å². The second kappa shape index (κ2) is 3.63. The van der Waals surface area contributed by atoms with E-state index in [1.54, 1.807) is 0 Å². The fraction of sp³-hybridized carbons (Fsp3) is 0.222. The van der Waals surface area contributed by atoms with Crippen molar-refractivity contribution in [3.05, 3.63) is 59.7 Å². The topological polar surface area (TPSA) is 53.0 Å². The lowest BCUT2D eigenvalue weighted by atomic mass is 9.83. The van der Waals surface area contributed by atoms with Crippen LogP contribution in [-0.2, 0) is 11.2 Å². The molecule has 3 heteroatoms. The second-order valence-corrected chi connectivity index (χ2v) is 6.05. The molecule has 0 aromatic heterocycles. The monoisotopic (exact) mass is 278 g/mol. The van der Waals surface area contributed by atoms with Gasteiger partial charge in [-0.15, -0.1) is 0 Å². The van der Waals surface area contributed by atoms with Gasteiger partial charge in [0.1, 0.15) is 12.2 Å². The summed E-state index contributed by atoms with van der Waals surface area (Å²) in [5.74, 6) is -1.73. The predicted molar refractivity (Wildman–Crippen MR) is 79.9 cm³/mol. The van der Waals surface area contributed by atoms with Crippen molar-refractivity contribution >= 4 is 21.5 Å². The van der Waals surface area contributed by atoms with E-state index in [2.05, 4.69) is 30.3 Å². The first-order valence-corrected chi connectivity index (χ1v) is 7.19. The first kappa shape index (κ1) is 11.7. The summed E-state index contributed by atoms with van der Waals surface area (Å²) in [6.45, 7) is 0. The Labute approximate surface area is 121 Å². The van der Waals surface area contributed by atoms with Crippen LogP contribution < -0.4 is 0 Å². The van der Waals surface area contributed by atoms with Gasteiger partial charge in [-0.3, -0.25) is 0 Å². The third-order valence-electron chi connectivity index (χ3n) is 4.74. The third-order valence-corrected chi connectivity index (χ3v) is 4.74. The average molecular weight is 278 g/mol. The van der Waals surface area contributed by atoms with Crippen molar-refractivity contribution in [2.75, 3.05) is 0 Å². The van der Waals surface area contributed by atoms with Crippen LogP contribution in [-0.4, -0.2) is 22.1 Å². The summed E-state index contributed by atoms with van der Waals surface area (Å²) in [5.41, 5.74) is 2.10. The molecule has 3 nitrogen and oxygen atoms in total. The Balaban J connectivity index is 1.86. The molecule has 0 saturated carbocycles. The van der Waals surface area contributed by atoms with Gasteiger partial charge in [0.15, 0.2) is 5.79 Å². The molecule has 0 amide bonds. The SMILES string of the molecule is OC1(O)Cc2ccc3c(ccc4ccccc43)c2C2OC21. The van der Waals surface area contributed by atoms with Crippen molar-refractivity contribution in [3.8, 4) is 0 Å². The van der Waals surface area contributed by atoms with Crippen molar-refractivity contribution in [1.82, 2.24) is 0 Å². The van der Waals surface area contributed by atoms with Gasteiger partial charge in [-0.05, 0) is 32.7 Å². The Morgan fingerprint density at radius 2 is 1.71 bits per heavy atom. The molecule has 5 rings (SSSR count). The fourth-order valence-corrected chi connectivity index (χ4v) is 3.71. The number of aliphatic hydroxyl groups is 2. The van der Waals surface area contributed by atoms with Crippen LogP contribution in [0.1, 0.15) is 17.2 Å². The van der Waals surface area contributed by atoms with Crippen LogP contribution in [0.4, 0.5) is 0 Å². The molecule has 3 aromatic carbocycles. The van der Waals surface area contributed by atoms with Crippen molar-refractivity contribution in [2.45, 2.75) is 24.4 Å². The van der Waals surface area contributed by atoms with E-state index in [0.717, 1.165) is 16.5 Å². The van der Waals surface area contributed by atoms with Gasteiger partial charge in [0, 0.05) is 6.42 Å². The van der Waals surface area contributed by atoms with E-state index in [0.29, 0.717) is 0 Å². The number of epoxide rings is 1. The van der Waals surface area contributed by atoms with E-state index in [1.807, 2.05) is 18.2 Å². The van der Waals surface area contributed by atoms with Crippen LogP contribution in [0.3, 0.4) is 0 Å². The highest BCUT2D eigenvalue weighted by atomic mass is 16.6. The lowest BCUT2D eigenvalue weighted by molar-refractivity contribution is -0.175.